The average molecular weight is 334 g/mol. The van der Waals surface area contributed by atoms with Crippen molar-refractivity contribution in [1.29, 1.82) is 0 Å². The van der Waals surface area contributed by atoms with Crippen molar-refractivity contribution in [2.45, 2.75) is 39.2 Å². The number of halogens is 1. The number of nitrogens with one attached hydrogen (secondary N) is 1. The number of hydrogen-bond donors (Lipinski definition) is 1. The monoisotopic (exact) mass is 333 g/mol. The highest BCUT2D eigenvalue weighted by molar-refractivity contribution is 9.10. The molecule has 1 aromatic heterocycles. The molecule has 2 heterocycles. The van der Waals surface area contributed by atoms with Crippen LogP contribution < -0.4 is 5.32 Å². The van der Waals surface area contributed by atoms with Crippen LogP contribution in [-0.2, 0) is 6.42 Å². The molecule has 0 aliphatic carbocycles. The molecule has 0 amide bonds. The van der Waals surface area contributed by atoms with E-state index >= 15 is 0 Å². The van der Waals surface area contributed by atoms with Crippen molar-refractivity contribution >= 4 is 21.7 Å². The number of rotatable bonds is 3. The molecule has 0 fully saturated rings. The molecule has 1 atom stereocenters. The summed E-state index contributed by atoms with van der Waals surface area (Å²) in [7, 11) is 0. The third kappa shape index (κ3) is 2.26. The van der Waals surface area contributed by atoms with E-state index in [-0.39, 0.29) is 0 Å². The van der Waals surface area contributed by atoms with Gasteiger partial charge in [0.2, 0.25) is 0 Å². The van der Waals surface area contributed by atoms with E-state index < -0.39 is 0 Å². The van der Waals surface area contributed by atoms with Crippen molar-refractivity contribution in [1.82, 2.24) is 9.78 Å². The zero-order valence-corrected chi connectivity index (χ0v) is 13.6. The van der Waals surface area contributed by atoms with Crippen molar-refractivity contribution in [3.8, 4) is 0 Å². The average Bonchev–Trinajstić information content (AvgIpc) is 2.77. The molecule has 0 bridgehead atoms. The molecule has 3 rings (SSSR count). The zero-order chi connectivity index (χ0) is 14.1. The Hall–Kier alpha value is -1.29. The molecule has 0 spiro atoms. The predicted molar refractivity (Wildman–Crippen MR) is 86.3 cm³/mol. The van der Waals surface area contributed by atoms with E-state index in [0.29, 0.717) is 6.04 Å². The molecule has 106 valence electrons. The number of aromatic nitrogens is 2. The first-order valence-corrected chi connectivity index (χ1v) is 8.08. The lowest BCUT2D eigenvalue weighted by atomic mass is 9.98. The minimum absolute atomic E-state index is 0.342. The summed E-state index contributed by atoms with van der Waals surface area (Å²) in [4.78, 5) is 0. The number of nitrogens with zero attached hydrogens (tertiary/aromatic N) is 2. The summed E-state index contributed by atoms with van der Waals surface area (Å²) in [5, 5.41) is 8.33. The summed E-state index contributed by atoms with van der Waals surface area (Å²) in [6, 6.07) is 8.97. The molecule has 0 radical (unpaired) electrons. The largest absolute Gasteiger partial charge is 0.369 e. The molecule has 1 aliphatic rings. The summed E-state index contributed by atoms with van der Waals surface area (Å²) >= 11 is 3.71. The third-order valence-corrected chi connectivity index (χ3v) is 4.79. The maximum Gasteiger partial charge on any atom is 0.139 e. The molecule has 1 aromatic carbocycles. The van der Waals surface area contributed by atoms with Gasteiger partial charge in [0.15, 0.2) is 0 Å². The van der Waals surface area contributed by atoms with Crippen LogP contribution in [-0.4, -0.2) is 16.3 Å². The third-order valence-electron chi connectivity index (χ3n) is 3.96. The fraction of sp³-hybridized carbons (Fsp3) is 0.438. The van der Waals surface area contributed by atoms with E-state index in [2.05, 4.69) is 64.0 Å². The highest BCUT2D eigenvalue weighted by Gasteiger charge is 2.26. The Morgan fingerprint density at radius 2 is 2.20 bits per heavy atom. The van der Waals surface area contributed by atoms with Crippen molar-refractivity contribution in [2.75, 3.05) is 11.9 Å². The van der Waals surface area contributed by atoms with E-state index in [1.165, 1.54) is 11.1 Å². The fourth-order valence-corrected chi connectivity index (χ4v) is 3.54. The van der Waals surface area contributed by atoms with Gasteiger partial charge in [-0.15, -0.1) is 0 Å². The molecule has 1 aliphatic heterocycles. The van der Waals surface area contributed by atoms with E-state index in [9.17, 15) is 0 Å². The minimum atomic E-state index is 0.342. The second-order valence-corrected chi connectivity index (χ2v) is 6.18. The lowest BCUT2D eigenvalue weighted by molar-refractivity contribution is 0.476. The van der Waals surface area contributed by atoms with Crippen molar-refractivity contribution in [3.63, 3.8) is 0 Å². The van der Waals surface area contributed by atoms with Crippen LogP contribution in [0.1, 0.15) is 42.6 Å². The number of benzene rings is 1. The number of hydrogen-bond acceptors (Lipinski definition) is 2. The van der Waals surface area contributed by atoms with Crippen LogP contribution in [0.4, 0.5) is 5.82 Å². The van der Waals surface area contributed by atoms with Crippen LogP contribution in [0.5, 0.6) is 0 Å². The van der Waals surface area contributed by atoms with Crippen molar-refractivity contribution < 1.29 is 0 Å². The van der Waals surface area contributed by atoms with Crippen LogP contribution >= 0.6 is 15.9 Å². The molecule has 1 unspecified atom stereocenters. The van der Waals surface area contributed by atoms with Gasteiger partial charge in [-0.2, -0.15) is 5.10 Å². The van der Waals surface area contributed by atoms with Gasteiger partial charge in [0.1, 0.15) is 5.82 Å². The van der Waals surface area contributed by atoms with E-state index in [1.54, 1.807) is 0 Å². The molecule has 4 heteroatoms. The first-order chi connectivity index (χ1) is 9.72. The maximum absolute atomic E-state index is 4.85. The fourth-order valence-electron chi connectivity index (χ4n) is 2.94. The van der Waals surface area contributed by atoms with Gasteiger partial charge < -0.3 is 5.32 Å². The second kappa shape index (κ2) is 5.60. The zero-order valence-electron chi connectivity index (χ0n) is 12.0. The molecule has 0 saturated heterocycles. The van der Waals surface area contributed by atoms with Gasteiger partial charge in [-0.05, 0) is 46.8 Å². The van der Waals surface area contributed by atoms with Gasteiger partial charge in [-0.1, -0.05) is 37.6 Å². The first-order valence-electron chi connectivity index (χ1n) is 7.28. The summed E-state index contributed by atoms with van der Waals surface area (Å²) in [6.07, 6.45) is 3.21. The van der Waals surface area contributed by atoms with E-state index in [1.807, 2.05) is 0 Å². The summed E-state index contributed by atoms with van der Waals surface area (Å²) < 4.78 is 3.30. The van der Waals surface area contributed by atoms with Crippen LogP contribution in [0.15, 0.2) is 28.7 Å². The lowest BCUT2D eigenvalue weighted by Crippen LogP contribution is -2.25. The molecule has 2 aromatic rings. The Bertz CT molecular complexity index is 618. The minimum Gasteiger partial charge on any atom is -0.369 e. The van der Waals surface area contributed by atoms with E-state index in [0.717, 1.165) is 41.8 Å². The SMILES string of the molecule is CCCc1nn2c(c1Br)NCCC2c1ccccc1C. The smallest absolute Gasteiger partial charge is 0.139 e. The Labute approximate surface area is 128 Å². The quantitative estimate of drug-likeness (QED) is 0.906. The maximum atomic E-state index is 4.85. The van der Waals surface area contributed by atoms with Crippen LogP contribution in [0.2, 0.25) is 0 Å². The first kappa shape index (κ1) is 13.7. The van der Waals surface area contributed by atoms with Gasteiger partial charge >= 0.3 is 0 Å². The molecule has 3 nitrogen and oxygen atoms in total. The van der Waals surface area contributed by atoms with Gasteiger partial charge in [-0.25, -0.2) is 4.68 Å². The number of anilines is 1. The predicted octanol–water partition coefficient (Wildman–Crippen LogP) is 4.31. The lowest BCUT2D eigenvalue weighted by Gasteiger charge is -2.27. The van der Waals surface area contributed by atoms with Crippen LogP contribution in [0, 0.1) is 6.92 Å². The number of fused-ring (bicyclic) bond motifs is 1. The van der Waals surface area contributed by atoms with Crippen LogP contribution in [0.3, 0.4) is 0 Å². The highest BCUT2D eigenvalue weighted by atomic mass is 79.9. The number of aryl methyl sites for hydroxylation is 2. The topological polar surface area (TPSA) is 29.9 Å². The molecular formula is C16H20BrN3. The standard InChI is InChI=1S/C16H20BrN3/c1-3-6-13-15(17)16-18-10-9-14(20(16)19-13)12-8-5-4-7-11(12)2/h4-5,7-8,14,18H,3,6,9-10H2,1-2H3. The van der Waals surface area contributed by atoms with Crippen molar-refractivity contribution in [3.05, 3.63) is 45.6 Å². The van der Waals surface area contributed by atoms with Gasteiger partial charge in [-0.3, -0.25) is 0 Å². The van der Waals surface area contributed by atoms with Crippen LogP contribution in [0.25, 0.3) is 0 Å². The van der Waals surface area contributed by atoms with Crippen molar-refractivity contribution in [2.24, 2.45) is 0 Å². The summed E-state index contributed by atoms with van der Waals surface area (Å²) in [5.41, 5.74) is 3.89. The van der Waals surface area contributed by atoms with Gasteiger partial charge in [0.05, 0.1) is 16.2 Å². The molecule has 0 saturated carbocycles. The summed E-state index contributed by atoms with van der Waals surface area (Å²) in [5.74, 6) is 1.13. The van der Waals surface area contributed by atoms with Gasteiger partial charge in [0, 0.05) is 6.54 Å². The van der Waals surface area contributed by atoms with E-state index in [4.69, 9.17) is 5.10 Å². The Morgan fingerprint density at radius 1 is 1.40 bits per heavy atom. The normalized spacial score (nSPS) is 17.6. The highest BCUT2D eigenvalue weighted by Crippen LogP contribution is 2.37. The Morgan fingerprint density at radius 3 is 2.95 bits per heavy atom. The molecule has 20 heavy (non-hydrogen) atoms. The summed E-state index contributed by atoms with van der Waals surface area (Å²) in [6.45, 7) is 5.37. The molecular weight excluding hydrogens is 314 g/mol. The second-order valence-electron chi connectivity index (χ2n) is 5.39. The Balaban J connectivity index is 2.06. The van der Waals surface area contributed by atoms with Gasteiger partial charge in [0.25, 0.3) is 0 Å². The Kier molecular flexibility index (Phi) is 3.83. The molecule has 1 N–H and O–H groups in total.